The smallest absolute Gasteiger partial charge is 0.550 e. The van der Waals surface area contributed by atoms with Crippen LogP contribution in [0.25, 0.3) is 0 Å². The van der Waals surface area contributed by atoms with E-state index in [4.69, 9.17) is 0 Å². The van der Waals surface area contributed by atoms with E-state index >= 15 is 0 Å². The Balaban J connectivity index is -0.0000000668. The molecule has 2 radical (unpaired) electrons. The molecule has 0 fully saturated rings. The summed E-state index contributed by atoms with van der Waals surface area (Å²) in [4.78, 5) is 87.9. The Morgan fingerprint density at radius 2 is 0.257 bits per heavy atom. The van der Waals surface area contributed by atoms with Crippen LogP contribution in [-0.2, 0) is 64.2 Å². The molecule has 0 aromatic rings. The first-order chi connectivity index (χ1) is 33.9. The van der Waals surface area contributed by atoms with E-state index in [1.807, 2.05) is 62.3 Å². The number of unbranched alkanes of at least 4 members (excludes halogenated alkanes) is 18. The van der Waals surface area contributed by atoms with Crippen LogP contribution in [0.5, 0.6) is 0 Å². The van der Waals surface area contributed by atoms with Gasteiger partial charge in [0.2, 0.25) is 0 Å². The minimum atomic E-state index is -0.932. The molecule has 0 heterocycles. The van der Waals surface area contributed by atoms with Gasteiger partial charge in [0, 0.05) is 53.7 Å². The van der Waals surface area contributed by atoms with Crippen molar-refractivity contribution in [2.45, 2.75) is 293 Å². The molecular weight excluding hydrogens is 1240 g/mol. The van der Waals surface area contributed by atoms with Crippen molar-refractivity contribution in [1.29, 1.82) is 0 Å². The van der Waals surface area contributed by atoms with E-state index in [0.717, 1.165) is 173 Å². The van der Waals surface area contributed by atoms with Crippen LogP contribution in [0, 0.1) is 0 Å². The second-order valence-corrected chi connectivity index (χ2v) is 16.5. The van der Waals surface area contributed by atoms with E-state index in [1.165, 1.54) is 0 Å². The molecule has 0 aliphatic carbocycles. The Morgan fingerprint density at radius 3 is 0.297 bits per heavy atom. The van der Waals surface area contributed by atoms with E-state index in [-0.39, 0.29) is 105 Å². The molecule has 20 heteroatoms. The van der Waals surface area contributed by atoms with Gasteiger partial charge in [-0.3, -0.25) is 0 Å². The van der Waals surface area contributed by atoms with Gasteiger partial charge in [-0.15, -0.1) is 0 Å². The number of carboxylic acids is 9. The summed E-state index contributed by atoms with van der Waals surface area (Å²) in [6.07, 6.45) is 27.3. The van der Waals surface area contributed by atoms with Gasteiger partial charge in [0.15, 0.2) is 0 Å². The second kappa shape index (κ2) is 92.4. The molecule has 434 valence electrons. The van der Waals surface area contributed by atoms with Gasteiger partial charge in [0.25, 0.3) is 0 Å². The molecule has 18 nitrogen and oxygen atoms in total. The quantitative estimate of drug-likeness (QED) is 0.0642. The third-order valence-corrected chi connectivity index (χ3v) is 8.86. The van der Waals surface area contributed by atoms with Crippen molar-refractivity contribution in [3.8, 4) is 0 Å². The summed E-state index contributed by atoms with van der Waals surface area (Å²) in [5.41, 5.74) is 0. The van der Waals surface area contributed by atoms with Crippen LogP contribution < -0.4 is 46.0 Å². The summed E-state index contributed by atoms with van der Waals surface area (Å²) in [6.45, 7) is 18.3. The molecule has 74 heavy (non-hydrogen) atoms. The second-order valence-electron chi connectivity index (χ2n) is 16.5. The Labute approximate surface area is 480 Å². The molecule has 0 saturated carbocycles. The predicted octanol–water partition coefficient (Wildman–Crippen LogP) is 2.47. The topological polar surface area (TPSA) is 361 Å². The minimum Gasteiger partial charge on any atom is -0.550 e. The monoisotopic (exact) mass is 1340 g/mol. The molecule has 0 atom stereocenters. The van der Waals surface area contributed by atoms with Crippen LogP contribution in [0.4, 0.5) is 0 Å². The summed E-state index contributed by atoms with van der Waals surface area (Å²) < 4.78 is 0. The Kier molecular flexibility index (Phi) is 120. The molecule has 0 spiro atoms. The van der Waals surface area contributed by atoms with Crippen LogP contribution in [-0.4, -0.2) is 79.9 Å². The third kappa shape index (κ3) is 181. The van der Waals surface area contributed by atoms with E-state index in [1.54, 1.807) is 0 Å². The fourth-order valence-electron chi connectivity index (χ4n) is 4.67. The Bertz CT molecular complexity index is 921. The van der Waals surface area contributed by atoms with Crippen LogP contribution in [0.2, 0.25) is 0 Å². The zero-order valence-corrected chi connectivity index (χ0v) is 52.6. The maximum Gasteiger partial charge on any atom is 6.00 e. The largest absolute Gasteiger partial charge is 6.00 e. The molecule has 0 saturated heterocycles. The minimum absolute atomic E-state index is 0. The van der Waals surface area contributed by atoms with E-state index in [2.05, 4.69) is 0 Å². The number of carbonyl (C=O) groups is 9. The number of aliphatic carboxylic acids is 9. The van der Waals surface area contributed by atoms with E-state index < -0.39 is 53.7 Å². The van der Waals surface area contributed by atoms with Gasteiger partial charge in [0.05, 0.1) is 0 Å². The zero-order valence-electron chi connectivity index (χ0n) is 47.2. The Hall–Kier alpha value is -3.20. The molecule has 0 aromatic carbocycles. The van der Waals surface area contributed by atoms with Gasteiger partial charge in [-0.05, 0) is 116 Å². The first-order valence-corrected chi connectivity index (χ1v) is 26.7. The zero-order chi connectivity index (χ0) is 57.7. The van der Waals surface area contributed by atoms with Gasteiger partial charge < -0.3 is 89.1 Å². The molecule has 0 N–H and O–H groups in total. The van der Waals surface area contributed by atoms with Crippen molar-refractivity contribution in [1.82, 2.24) is 0 Å². The maximum atomic E-state index is 9.76. The molecule has 0 aliphatic rings. The summed E-state index contributed by atoms with van der Waals surface area (Å²) >= 11 is 0. The summed E-state index contributed by atoms with van der Waals surface area (Å²) in [5.74, 6) is -8.39. The molecular formula is C54H99BiMoO18. The van der Waals surface area contributed by atoms with Gasteiger partial charge in [-0.2, -0.15) is 0 Å². The van der Waals surface area contributed by atoms with E-state index in [9.17, 15) is 89.1 Å². The van der Waals surface area contributed by atoms with Gasteiger partial charge in [-0.25, -0.2) is 0 Å². The van der Waals surface area contributed by atoms with Crippen LogP contribution in [0.1, 0.15) is 293 Å². The van der Waals surface area contributed by atoms with Crippen molar-refractivity contribution in [3.05, 3.63) is 0 Å². The van der Waals surface area contributed by atoms with Crippen molar-refractivity contribution in [3.63, 3.8) is 0 Å². The van der Waals surface area contributed by atoms with Crippen LogP contribution in [0.3, 0.4) is 0 Å². The maximum absolute atomic E-state index is 9.76. The normalized spacial score (nSPS) is 8.88. The van der Waals surface area contributed by atoms with Gasteiger partial charge in [-0.1, -0.05) is 178 Å². The average molecular weight is 1340 g/mol. The number of carbonyl (C=O) groups excluding carboxylic acids is 9. The fourth-order valence-corrected chi connectivity index (χ4v) is 4.67. The van der Waals surface area contributed by atoms with Crippen LogP contribution in [0.15, 0.2) is 0 Å². The van der Waals surface area contributed by atoms with Gasteiger partial charge >= 0.3 is 47.3 Å². The molecule has 0 aromatic heterocycles. The van der Waals surface area contributed by atoms with Crippen molar-refractivity contribution < 1.29 is 110 Å². The molecule has 0 aliphatic heterocycles. The molecule has 0 amide bonds. The first kappa shape index (κ1) is 96.5. The first-order valence-electron chi connectivity index (χ1n) is 26.7. The average Bonchev–Trinajstić information content (AvgIpc) is 3.28. The number of rotatable bonds is 36. The van der Waals surface area contributed by atoms with Gasteiger partial charge in [0.1, 0.15) is 0 Å². The Morgan fingerprint density at radius 1 is 0.189 bits per heavy atom. The molecule has 0 bridgehead atoms. The standard InChI is InChI=1S/9C6H12O2.Bi.Mo/c9*1-2-3-4-5-6(7)8;;/h9*2-5H2,1H3,(H,7,8);;/q;;;;;;;;;+3;+6/p-9. The third-order valence-electron chi connectivity index (χ3n) is 8.86. The fraction of sp³-hybridized carbons (Fsp3) is 0.833. The van der Waals surface area contributed by atoms with Crippen LogP contribution >= 0.6 is 0 Å². The number of hydrogen-bond donors (Lipinski definition) is 0. The summed E-state index contributed by atoms with van der Waals surface area (Å²) in [6, 6.07) is 0. The number of hydrogen-bond acceptors (Lipinski definition) is 18. The van der Waals surface area contributed by atoms with Crippen molar-refractivity contribution in [2.24, 2.45) is 0 Å². The molecule has 0 rings (SSSR count). The van der Waals surface area contributed by atoms with E-state index in [0.29, 0.717) is 0 Å². The van der Waals surface area contributed by atoms with Crippen molar-refractivity contribution >= 4 is 79.9 Å². The SMILES string of the molecule is CCCCCC(=O)[O-].CCCCCC(=O)[O-].CCCCCC(=O)[O-].CCCCCC(=O)[O-].CCCCCC(=O)[O-].CCCCCC(=O)[O-].CCCCCC(=O)[O-].CCCCCC(=O)[O-].CCCCCC(=O)[O-].[Bi+3].[Mo+6]. The van der Waals surface area contributed by atoms with Crippen molar-refractivity contribution in [2.75, 3.05) is 0 Å². The number of carboxylic acid groups (broad SMARTS) is 9. The summed E-state index contributed by atoms with van der Waals surface area (Å²) in [5, 5.41) is 87.9. The molecule has 0 unspecified atom stereocenters. The summed E-state index contributed by atoms with van der Waals surface area (Å²) in [7, 11) is 0. The predicted molar refractivity (Wildman–Crippen MR) is 268 cm³/mol.